The molecule has 0 spiro atoms. The first-order chi connectivity index (χ1) is 6.27. The average molecular weight is 184 g/mol. The van der Waals surface area contributed by atoms with Crippen LogP contribution in [0.5, 0.6) is 0 Å². The predicted molar refractivity (Wildman–Crippen MR) is 49.4 cm³/mol. The molecule has 0 aliphatic heterocycles. The normalized spacial score (nSPS) is 13.2. The summed E-state index contributed by atoms with van der Waals surface area (Å²) in [5, 5.41) is 7.16. The predicted octanol–water partition coefficient (Wildman–Crippen LogP) is -0.408. The van der Waals surface area contributed by atoms with Crippen LogP contribution in [-0.2, 0) is 18.2 Å². The summed E-state index contributed by atoms with van der Waals surface area (Å²) in [6.07, 6.45) is 2.40. The minimum absolute atomic E-state index is 0.299. The molecule has 1 N–H and O–H groups in total. The fraction of sp³-hybridized carbons (Fsp3) is 0.750. The average Bonchev–Trinajstić information content (AvgIpc) is 2.51. The Morgan fingerprint density at radius 2 is 2.46 bits per heavy atom. The maximum Gasteiger partial charge on any atom is 0.138 e. The van der Waals surface area contributed by atoms with Gasteiger partial charge in [0.15, 0.2) is 0 Å². The van der Waals surface area contributed by atoms with E-state index in [1.165, 1.54) is 0 Å². The standard InChI is InChI=1S/C8H16N4O/c1-9-7(5-13-3)4-8-10-6-11-12(8)2/h6-7,9H,4-5H2,1-3H3. The van der Waals surface area contributed by atoms with E-state index in [4.69, 9.17) is 4.74 Å². The molecule has 5 nitrogen and oxygen atoms in total. The molecule has 0 aliphatic rings. The van der Waals surface area contributed by atoms with Crippen molar-refractivity contribution in [2.75, 3.05) is 20.8 Å². The molecule has 0 saturated carbocycles. The maximum absolute atomic E-state index is 5.06. The minimum Gasteiger partial charge on any atom is -0.383 e. The highest BCUT2D eigenvalue weighted by molar-refractivity contribution is 4.88. The van der Waals surface area contributed by atoms with Crippen LogP contribution in [0.2, 0.25) is 0 Å². The Morgan fingerprint density at radius 1 is 1.69 bits per heavy atom. The first-order valence-corrected chi connectivity index (χ1v) is 4.27. The van der Waals surface area contributed by atoms with Gasteiger partial charge in [-0.1, -0.05) is 0 Å². The van der Waals surface area contributed by atoms with Crippen molar-refractivity contribution < 1.29 is 4.74 Å². The van der Waals surface area contributed by atoms with E-state index in [0.717, 1.165) is 12.2 Å². The lowest BCUT2D eigenvalue weighted by molar-refractivity contribution is 0.168. The molecule has 0 radical (unpaired) electrons. The number of nitrogens with zero attached hydrogens (tertiary/aromatic N) is 3. The molecule has 1 aromatic rings. The van der Waals surface area contributed by atoms with Gasteiger partial charge in [-0.15, -0.1) is 0 Å². The number of likely N-dealkylation sites (N-methyl/N-ethyl adjacent to an activating group) is 1. The highest BCUT2D eigenvalue weighted by Crippen LogP contribution is 1.97. The third kappa shape index (κ3) is 2.78. The van der Waals surface area contributed by atoms with Crippen LogP contribution in [0.1, 0.15) is 5.82 Å². The van der Waals surface area contributed by atoms with Gasteiger partial charge in [-0.2, -0.15) is 5.10 Å². The minimum atomic E-state index is 0.299. The molecule has 0 saturated heterocycles. The summed E-state index contributed by atoms with van der Waals surface area (Å²) in [7, 11) is 5.50. The molecule has 0 aliphatic carbocycles. The van der Waals surface area contributed by atoms with E-state index < -0.39 is 0 Å². The van der Waals surface area contributed by atoms with Crippen molar-refractivity contribution in [3.05, 3.63) is 12.2 Å². The van der Waals surface area contributed by atoms with Crippen LogP contribution < -0.4 is 5.32 Å². The fourth-order valence-electron chi connectivity index (χ4n) is 1.17. The van der Waals surface area contributed by atoms with Crippen LogP contribution in [0, 0.1) is 0 Å². The molecule has 1 atom stereocenters. The highest BCUT2D eigenvalue weighted by Gasteiger charge is 2.09. The van der Waals surface area contributed by atoms with Crippen LogP contribution in [-0.4, -0.2) is 41.6 Å². The number of rotatable bonds is 5. The first-order valence-electron chi connectivity index (χ1n) is 4.27. The van der Waals surface area contributed by atoms with Crippen LogP contribution in [0.15, 0.2) is 6.33 Å². The SMILES string of the molecule is CNC(COC)Cc1ncnn1C. The van der Waals surface area contributed by atoms with Gasteiger partial charge >= 0.3 is 0 Å². The number of ether oxygens (including phenoxy) is 1. The van der Waals surface area contributed by atoms with Gasteiger partial charge in [0.05, 0.1) is 6.61 Å². The third-order valence-electron chi connectivity index (χ3n) is 2.01. The van der Waals surface area contributed by atoms with Crippen LogP contribution in [0.4, 0.5) is 0 Å². The van der Waals surface area contributed by atoms with Crippen molar-refractivity contribution in [1.82, 2.24) is 20.1 Å². The van der Waals surface area contributed by atoms with Gasteiger partial charge < -0.3 is 10.1 Å². The second kappa shape index (κ2) is 4.94. The maximum atomic E-state index is 5.06. The molecule has 1 unspecified atom stereocenters. The van der Waals surface area contributed by atoms with Crippen molar-refractivity contribution in [3.63, 3.8) is 0 Å². The largest absolute Gasteiger partial charge is 0.383 e. The number of aryl methyl sites for hydroxylation is 1. The number of aromatic nitrogens is 3. The lowest BCUT2D eigenvalue weighted by atomic mass is 10.2. The zero-order chi connectivity index (χ0) is 9.68. The molecule has 0 fully saturated rings. The van der Waals surface area contributed by atoms with E-state index in [1.54, 1.807) is 18.1 Å². The third-order valence-corrected chi connectivity index (χ3v) is 2.01. The summed E-state index contributed by atoms with van der Waals surface area (Å²) >= 11 is 0. The number of hydrogen-bond acceptors (Lipinski definition) is 4. The van der Waals surface area contributed by atoms with Crippen LogP contribution in [0.3, 0.4) is 0 Å². The number of nitrogens with one attached hydrogen (secondary N) is 1. The molecule has 0 bridgehead atoms. The van der Waals surface area contributed by atoms with E-state index in [-0.39, 0.29) is 0 Å². The lowest BCUT2D eigenvalue weighted by Crippen LogP contribution is -2.33. The summed E-state index contributed by atoms with van der Waals surface area (Å²) in [6, 6.07) is 0.299. The van der Waals surface area contributed by atoms with Crippen molar-refractivity contribution in [2.24, 2.45) is 7.05 Å². The zero-order valence-electron chi connectivity index (χ0n) is 8.32. The van der Waals surface area contributed by atoms with Gasteiger partial charge in [-0.3, -0.25) is 4.68 Å². The molecule has 13 heavy (non-hydrogen) atoms. The van der Waals surface area contributed by atoms with E-state index in [1.807, 2.05) is 14.1 Å². The second-order valence-electron chi connectivity index (χ2n) is 2.94. The number of hydrogen-bond donors (Lipinski definition) is 1. The van der Waals surface area contributed by atoms with Gasteiger partial charge in [-0.05, 0) is 7.05 Å². The zero-order valence-corrected chi connectivity index (χ0v) is 8.32. The molecular formula is C8H16N4O. The quantitative estimate of drug-likeness (QED) is 0.676. The van der Waals surface area contributed by atoms with Gasteiger partial charge in [0.25, 0.3) is 0 Å². The van der Waals surface area contributed by atoms with Crippen molar-refractivity contribution in [1.29, 1.82) is 0 Å². The smallest absolute Gasteiger partial charge is 0.138 e. The summed E-state index contributed by atoms with van der Waals surface area (Å²) in [6.45, 7) is 0.684. The van der Waals surface area contributed by atoms with Gasteiger partial charge in [-0.25, -0.2) is 4.98 Å². The van der Waals surface area contributed by atoms with E-state index in [9.17, 15) is 0 Å². The second-order valence-corrected chi connectivity index (χ2v) is 2.94. The summed E-state index contributed by atoms with van der Waals surface area (Å²) in [5.41, 5.74) is 0. The molecule has 1 rings (SSSR count). The molecule has 1 heterocycles. The number of methoxy groups -OCH3 is 1. The summed E-state index contributed by atoms with van der Waals surface area (Å²) < 4.78 is 6.84. The Bertz CT molecular complexity index is 248. The van der Waals surface area contributed by atoms with Crippen molar-refractivity contribution in [2.45, 2.75) is 12.5 Å². The van der Waals surface area contributed by atoms with Crippen molar-refractivity contribution >= 4 is 0 Å². The molecular weight excluding hydrogens is 168 g/mol. The lowest BCUT2D eigenvalue weighted by Gasteiger charge is -2.13. The summed E-state index contributed by atoms with van der Waals surface area (Å²) in [4.78, 5) is 4.14. The van der Waals surface area contributed by atoms with Crippen LogP contribution in [0.25, 0.3) is 0 Å². The van der Waals surface area contributed by atoms with E-state index in [0.29, 0.717) is 12.6 Å². The van der Waals surface area contributed by atoms with E-state index >= 15 is 0 Å². The van der Waals surface area contributed by atoms with Gasteiger partial charge in [0.1, 0.15) is 12.2 Å². The topological polar surface area (TPSA) is 52.0 Å². The van der Waals surface area contributed by atoms with Gasteiger partial charge in [0, 0.05) is 26.6 Å². The monoisotopic (exact) mass is 184 g/mol. The molecule has 5 heteroatoms. The Hall–Kier alpha value is -0.940. The van der Waals surface area contributed by atoms with Gasteiger partial charge in [0.2, 0.25) is 0 Å². The fourth-order valence-corrected chi connectivity index (χ4v) is 1.17. The van der Waals surface area contributed by atoms with Crippen LogP contribution >= 0.6 is 0 Å². The molecule has 1 aromatic heterocycles. The Kier molecular flexibility index (Phi) is 3.85. The Balaban J connectivity index is 2.51. The van der Waals surface area contributed by atoms with E-state index in [2.05, 4.69) is 15.4 Å². The first kappa shape index (κ1) is 10.1. The van der Waals surface area contributed by atoms with Crippen molar-refractivity contribution in [3.8, 4) is 0 Å². The molecule has 0 amide bonds. The molecule has 0 aromatic carbocycles. The Morgan fingerprint density at radius 3 is 2.92 bits per heavy atom. The highest BCUT2D eigenvalue weighted by atomic mass is 16.5. The molecule has 74 valence electrons. The Labute approximate surface area is 78.1 Å². The summed E-state index contributed by atoms with van der Waals surface area (Å²) in [5.74, 6) is 0.969.